The fourth-order valence-corrected chi connectivity index (χ4v) is 11.4. The predicted octanol–water partition coefficient (Wildman–Crippen LogP) is 3.42. The largest absolute Gasteiger partial charge is 0.147 e. The molecule has 0 unspecified atom stereocenters. The average Bonchev–Trinajstić information content (AvgIpc) is 3.04. The quantitative estimate of drug-likeness (QED) is 0.788. The van der Waals surface area contributed by atoms with Crippen LogP contribution in [0.1, 0.15) is 19.8 Å². The van der Waals surface area contributed by atoms with Crippen LogP contribution in [-0.4, -0.2) is 22.0 Å². The van der Waals surface area contributed by atoms with Gasteiger partial charge in [0, 0.05) is 0 Å². The van der Waals surface area contributed by atoms with E-state index in [1.807, 2.05) is 0 Å². The average molecular weight is 383 g/mol. The van der Waals surface area contributed by atoms with Crippen molar-refractivity contribution in [2.24, 2.45) is 0 Å². The summed E-state index contributed by atoms with van der Waals surface area (Å²) in [6.45, 7) is 2.68. The molecule has 2 rings (SSSR count). The van der Waals surface area contributed by atoms with Crippen LogP contribution in [0.3, 0.4) is 0 Å². The smallest absolute Gasteiger partial charge is 0.147 e. The predicted molar refractivity (Wildman–Crippen MR) is 83.0 cm³/mol. The molecule has 0 fully saturated rings. The van der Waals surface area contributed by atoms with Crippen molar-refractivity contribution in [3.8, 4) is 0 Å². The zero-order chi connectivity index (χ0) is 12.1. The number of hydrogen-bond acceptors (Lipinski definition) is 2. The van der Waals surface area contributed by atoms with E-state index in [0.717, 1.165) is 12.8 Å². The molecule has 2 nitrogen and oxygen atoms in total. The third-order valence-electron chi connectivity index (χ3n) is 3.32. The van der Waals surface area contributed by atoms with Gasteiger partial charge in [0.2, 0.25) is 0 Å². The first-order chi connectivity index (χ1) is 8.33. The van der Waals surface area contributed by atoms with Gasteiger partial charge in [0.1, 0.15) is 0 Å². The molecule has 0 saturated heterocycles. The van der Waals surface area contributed by atoms with Crippen molar-refractivity contribution >= 4 is 28.5 Å². The molecule has 0 aromatic carbocycles. The first kappa shape index (κ1) is 19.2. The summed E-state index contributed by atoms with van der Waals surface area (Å²) in [6, 6.07) is 0. The number of hydrogen-bond donors (Lipinski definition) is 1. The van der Waals surface area contributed by atoms with Crippen molar-refractivity contribution in [1.82, 2.24) is 0 Å². The molecule has 19 heavy (non-hydrogen) atoms. The molecule has 107 valence electrons. The van der Waals surface area contributed by atoms with Crippen LogP contribution in [0, 0.1) is 0 Å². The molecular formula is C14H21Cl2O2Zr. The summed E-state index contributed by atoms with van der Waals surface area (Å²) >= 11 is -2.97. The second-order valence-corrected chi connectivity index (χ2v) is 13.1. The second kappa shape index (κ2) is 9.20. The molecule has 0 amide bonds. The van der Waals surface area contributed by atoms with Gasteiger partial charge in [0.05, 0.1) is 0 Å². The minimum absolute atomic E-state index is 0. The molecule has 2 aliphatic rings. The number of halogens is 2. The van der Waals surface area contributed by atoms with Gasteiger partial charge < -0.3 is 0 Å². The van der Waals surface area contributed by atoms with Gasteiger partial charge in [-0.2, -0.15) is 0 Å². The molecule has 0 aromatic rings. The maximum atomic E-state index is 9.04. The van der Waals surface area contributed by atoms with E-state index in [1.54, 1.807) is 0 Å². The summed E-state index contributed by atoms with van der Waals surface area (Å²) in [5.41, 5.74) is 0. The van der Waals surface area contributed by atoms with E-state index in [9.17, 15) is 0 Å². The number of allylic oxidation sites excluding steroid dienone is 8. The van der Waals surface area contributed by atoms with Crippen LogP contribution in [0.5, 0.6) is 0 Å². The Morgan fingerprint density at radius 3 is 2.00 bits per heavy atom. The van der Waals surface area contributed by atoms with E-state index in [4.69, 9.17) is 7.92 Å². The second-order valence-electron chi connectivity index (χ2n) is 4.24. The Bertz CT molecular complexity index is 428. The third kappa shape index (κ3) is 4.09. The SMILES string of the molecule is C[CH]=[Zr]([O]CCO)([C]1=CC=CC1)[C]1=CC=CC1.Cl.Cl. The van der Waals surface area contributed by atoms with Crippen LogP contribution in [0.15, 0.2) is 43.0 Å². The van der Waals surface area contributed by atoms with Crippen molar-refractivity contribution in [1.29, 1.82) is 0 Å². The molecule has 0 bridgehead atoms. The van der Waals surface area contributed by atoms with E-state index >= 15 is 0 Å². The normalized spacial score (nSPS) is 16.5. The Kier molecular flexibility index (Phi) is 9.31. The standard InChI is InChI=1S/2C5H5.C2H5O2.C2H4.2ClH.Zr/c2*1-2-4-5-3-1;3-1-2-4;1-2;;;/h2*1-3H,4H2;3H,1-2H2;1H,2H3;2*1H;/q;;-1;;;;+1. The van der Waals surface area contributed by atoms with Crippen molar-refractivity contribution < 1.29 is 28.1 Å². The summed E-state index contributed by atoms with van der Waals surface area (Å²) < 4.78 is 11.4. The van der Waals surface area contributed by atoms with Crippen LogP contribution >= 0.6 is 24.8 Å². The zero-order valence-electron chi connectivity index (χ0n) is 11.0. The summed E-state index contributed by atoms with van der Waals surface area (Å²) in [5, 5.41) is 9.04. The van der Waals surface area contributed by atoms with Crippen LogP contribution in [0.2, 0.25) is 0 Å². The van der Waals surface area contributed by atoms with E-state index < -0.39 is 20.2 Å². The van der Waals surface area contributed by atoms with Gasteiger partial charge in [0.25, 0.3) is 0 Å². The van der Waals surface area contributed by atoms with Crippen molar-refractivity contribution in [2.75, 3.05) is 13.2 Å². The van der Waals surface area contributed by atoms with Gasteiger partial charge in [-0.3, -0.25) is 0 Å². The summed E-state index contributed by atoms with van der Waals surface area (Å²) in [7, 11) is 0. The van der Waals surface area contributed by atoms with E-state index in [1.165, 1.54) is 6.56 Å². The Morgan fingerprint density at radius 1 is 1.16 bits per heavy atom. The molecule has 0 radical (unpaired) electrons. The van der Waals surface area contributed by atoms with E-state index in [-0.39, 0.29) is 31.4 Å². The van der Waals surface area contributed by atoms with Crippen LogP contribution in [0.25, 0.3) is 0 Å². The summed E-state index contributed by atoms with van der Waals surface area (Å²) in [5.74, 6) is 0. The number of aliphatic hydroxyl groups excluding tert-OH is 1. The molecule has 0 aliphatic heterocycles. The molecule has 5 heteroatoms. The molecule has 1 N–H and O–H groups in total. The number of aliphatic hydroxyl groups is 1. The zero-order valence-corrected chi connectivity index (χ0v) is 15.1. The van der Waals surface area contributed by atoms with Crippen LogP contribution in [0.4, 0.5) is 0 Å². The monoisotopic (exact) mass is 381 g/mol. The summed E-state index contributed by atoms with van der Waals surface area (Å²) in [6.07, 6.45) is 15.1. The summed E-state index contributed by atoms with van der Waals surface area (Å²) in [4.78, 5) is 0. The van der Waals surface area contributed by atoms with Crippen molar-refractivity contribution in [3.05, 3.63) is 43.0 Å². The van der Waals surface area contributed by atoms with Crippen LogP contribution in [-0.2, 0) is 23.0 Å². The third-order valence-corrected chi connectivity index (χ3v) is 13.5. The first-order valence-electron chi connectivity index (χ1n) is 6.11. The molecular weight excluding hydrogens is 362 g/mol. The van der Waals surface area contributed by atoms with Crippen LogP contribution < -0.4 is 0 Å². The van der Waals surface area contributed by atoms with E-state index in [2.05, 4.69) is 47.1 Å². The topological polar surface area (TPSA) is 29.5 Å². The molecule has 2 aliphatic carbocycles. The minimum atomic E-state index is -2.97. The van der Waals surface area contributed by atoms with Gasteiger partial charge in [-0.1, -0.05) is 0 Å². The molecule has 0 heterocycles. The maximum Gasteiger partial charge on any atom is -0.147 e. The Labute approximate surface area is 132 Å². The van der Waals surface area contributed by atoms with Gasteiger partial charge in [-0.05, 0) is 0 Å². The van der Waals surface area contributed by atoms with Crippen molar-refractivity contribution in [3.63, 3.8) is 0 Å². The van der Waals surface area contributed by atoms with Gasteiger partial charge in [-0.25, -0.2) is 0 Å². The Hall–Kier alpha value is 0.213. The van der Waals surface area contributed by atoms with Gasteiger partial charge in [-0.15, -0.1) is 24.8 Å². The van der Waals surface area contributed by atoms with E-state index in [0.29, 0.717) is 6.61 Å². The number of rotatable bonds is 5. The molecule has 0 saturated carbocycles. The fourth-order valence-electron chi connectivity index (χ4n) is 2.50. The minimum Gasteiger partial charge on any atom is -0.147 e. The first-order valence-corrected chi connectivity index (χ1v) is 11.0. The van der Waals surface area contributed by atoms with Gasteiger partial charge in [0.15, 0.2) is 0 Å². The maximum absolute atomic E-state index is 9.04. The molecule has 0 spiro atoms. The van der Waals surface area contributed by atoms with Gasteiger partial charge >= 0.3 is 108 Å². The van der Waals surface area contributed by atoms with Crippen molar-refractivity contribution in [2.45, 2.75) is 19.8 Å². The Morgan fingerprint density at radius 2 is 1.68 bits per heavy atom. The molecule has 0 aromatic heterocycles. The Balaban J connectivity index is 0.00000162. The molecule has 0 atom stereocenters. The fraction of sp³-hybridized carbons (Fsp3) is 0.357.